The van der Waals surface area contributed by atoms with E-state index in [0.717, 1.165) is 10.0 Å². The number of hydrogen-bond acceptors (Lipinski definition) is 6. The highest BCUT2D eigenvalue weighted by atomic mass is 79.9. The van der Waals surface area contributed by atoms with Crippen molar-refractivity contribution in [1.29, 1.82) is 0 Å². The Morgan fingerprint density at radius 1 is 1.44 bits per heavy atom. The summed E-state index contributed by atoms with van der Waals surface area (Å²) < 4.78 is 6.08. The summed E-state index contributed by atoms with van der Waals surface area (Å²) in [5, 5.41) is 16.5. The van der Waals surface area contributed by atoms with Gasteiger partial charge in [-0.2, -0.15) is 4.98 Å². The average molecular weight is 311 g/mol. The second kappa shape index (κ2) is 4.75. The molecule has 1 saturated heterocycles. The van der Waals surface area contributed by atoms with Crippen molar-refractivity contribution in [2.75, 3.05) is 6.54 Å². The first-order chi connectivity index (χ1) is 8.72. The summed E-state index contributed by atoms with van der Waals surface area (Å²) in [5.41, 5.74) is 0.790. The van der Waals surface area contributed by atoms with Crippen LogP contribution in [-0.2, 0) is 0 Å². The van der Waals surface area contributed by atoms with Gasteiger partial charge >= 0.3 is 0 Å². The molecule has 1 fully saturated rings. The van der Waals surface area contributed by atoms with E-state index >= 15 is 0 Å². The molecule has 0 spiro atoms. The van der Waals surface area contributed by atoms with Crippen LogP contribution in [-0.4, -0.2) is 32.9 Å². The van der Waals surface area contributed by atoms with E-state index in [4.69, 9.17) is 4.52 Å². The molecule has 2 N–H and O–H groups in total. The quantitative estimate of drug-likeness (QED) is 0.869. The molecule has 94 valence electrons. The molecule has 1 aliphatic rings. The maximum absolute atomic E-state index is 9.45. The lowest BCUT2D eigenvalue weighted by molar-refractivity contribution is 0.191. The molecular formula is C11H11BrN4O2. The van der Waals surface area contributed by atoms with Gasteiger partial charge in [0.1, 0.15) is 0 Å². The van der Waals surface area contributed by atoms with Gasteiger partial charge in [0.15, 0.2) is 0 Å². The largest absolute Gasteiger partial charge is 0.392 e. The monoisotopic (exact) mass is 310 g/mol. The molecule has 1 aliphatic heterocycles. The SMILES string of the molecule is O[C@@H]1CN[C@H](c2nc(-c3cncc(Br)c3)no2)C1. The molecule has 0 bridgehead atoms. The van der Waals surface area contributed by atoms with Crippen molar-refractivity contribution in [1.82, 2.24) is 20.4 Å². The van der Waals surface area contributed by atoms with Crippen molar-refractivity contribution >= 4 is 15.9 Å². The van der Waals surface area contributed by atoms with E-state index in [1.165, 1.54) is 0 Å². The number of pyridine rings is 1. The smallest absolute Gasteiger partial charge is 0.244 e. The van der Waals surface area contributed by atoms with Crippen molar-refractivity contribution in [2.45, 2.75) is 18.6 Å². The van der Waals surface area contributed by atoms with Gasteiger partial charge in [0.25, 0.3) is 0 Å². The van der Waals surface area contributed by atoms with Gasteiger partial charge in [0.05, 0.1) is 12.1 Å². The Morgan fingerprint density at radius 3 is 3.06 bits per heavy atom. The molecule has 2 aromatic heterocycles. The van der Waals surface area contributed by atoms with E-state index in [0.29, 0.717) is 24.7 Å². The summed E-state index contributed by atoms with van der Waals surface area (Å²) in [4.78, 5) is 8.38. The lowest BCUT2D eigenvalue weighted by Gasteiger charge is -2.01. The molecule has 0 aromatic carbocycles. The Balaban J connectivity index is 1.85. The van der Waals surface area contributed by atoms with E-state index in [1.54, 1.807) is 12.4 Å². The van der Waals surface area contributed by atoms with Gasteiger partial charge in [-0.05, 0) is 28.4 Å². The summed E-state index contributed by atoms with van der Waals surface area (Å²) in [6, 6.07) is 1.81. The van der Waals surface area contributed by atoms with E-state index in [1.807, 2.05) is 6.07 Å². The van der Waals surface area contributed by atoms with Crippen LogP contribution < -0.4 is 5.32 Å². The van der Waals surface area contributed by atoms with Gasteiger partial charge in [-0.15, -0.1) is 0 Å². The Bertz CT molecular complexity index is 559. The minimum Gasteiger partial charge on any atom is -0.392 e. The van der Waals surface area contributed by atoms with Gasteiger partial charge in [-0.25, -0.2) is 0 Å². The van der Waals surface area contributed by atoms with Crippen LogP contribution in [0.2, 0.25) is 0 Å². The zero-order valence-electron chi connectivity index (χ0n) is 9.38. The molecule has 0 radical (unpaired) electrons. The molecule has 7 heteroatoms. The molecule has 2 atom stereocenters. The summed E-state index contributed by atoms with van der Waals surface area (Å²) in [6.07, 6.45) is 3.62. The lowest BCUT2D eigenvalue weighted by atomic mass is 10.2. The van der Waals surface area contributed by atoms with Crippen LogP contribution in [0, 0.1) is 0 Å². The van der Waals surface area contributed by atoms with Crippen molar-refractivity contribution < 1.29 is 9.63 Å². The molecule has 0 aliphatic carbocycles. The number of nitrogens with one attached hydrogen (secondary N) is 1. The van der Waals surface area contributed by atoms with Crippen molar-refractivity contribution in [3.63, 3.8) is 0 Å². The third kappa shape index (κ3) is 2.29. The Labute approximate surface area is 112 Å². The highest BCUT2D eigenvalue weighted by Gasteiger charge is 2.28. The van der Waals surface area contributed by atoms with Crippen molar-refractivity contribution in [2.24, 2.45) is 0 Å². The van der Waals surface area contributed by atoms with Crippen LogP contribution in [0.3, 0.4) is 0 Å². The van der Waals surface area contributed by atoms with Crippen LogP contribution in [0.25, 0.3) is 11.4 Å². The van der Waals surface area contributed by atoms with E-state index in [9.17, 15) is 5.11 Å². The second-order valence-corrected chi connectivity index (χ2v) is 5.11. The molecule has 3 rings (SSSR count). The average Bonchev–Trinajstić information content (AvgIpc) is 2.97. The third-order valence-electron chi connectivity index (χ3n) is 2.81. The highest BCUT2D eigenvalue weighted by Crippen LogP contribution is 2.25. The summed E-state index contributed by atoms with van der Waals surface area (Å²) >= 11 is 3.35. The van der Waals surface area contributed by atoms with Crippen LogP contribution in [0.4, 0.5) is 0 Å². The first kappa shape index (κ1) is 11.8. The number of nitrogens with zero attached hydrogens (tertiary/aromatic N) is 3. The van der Waals surface area contributed by atoms with Gasteiger partial charge < -0.3 is 14.9 Å². The standard InChI is InChI=1S/C11H11BrN4O2/c12-7-1-6(3-13-4-7)10-15-11(18-16-10)9-2-8(17)5-14-9/h1,3-4,8-9,14,17H,2,5H2/t8-,9-/m0/s1. The van der Waals surface area contributed by atoms with Gasteiger partial charge in [-0.1, -0.05) is 5.16 Å². The predicted octanol–water partition coefficient (Wildman–Crippen LogP) is 1.29. The number of aliphatic hydroxyl groups is 1. The zero-order valence-corrected chi connectivity index (χ0v) is 11.0. The molecule has 3 heterocycles. The van der Waals surface area contributed by atoms with E-state index < -0.39 is 0 Å². The number of β-amino-alcohol motifs (C(OH)–C–C–N with tert-alkyl or cyclic N) is 1. The Kier molecular flexibility index (Phi) is 3.11. The fourth-order valence-electron chi connectivity index (χ4n) is 1.93. The van der Waals surface area contributed by atoms with E-state index in [2.05, 4.69) is 36.4 Å². The summed E-state index contributed by atoms with van der Waals surface area (Å²) in [7, 11) is 0. The maximum Gasteiger partial charge on any atom is 0.244 e. The van der Waals surface area contributed by atoms with Crippen LogP contribution in [0.5, 0.6) is 0 Å². The highest BCUT2D eigenvalue weighted by molar-refractivity contribution is 9.10. The van der Waals surface area contributed by atoms with Crippen molar-refractivity contribution in [3.05, 3.63) is 28.8 Å². The molecule has 0 amide bonds. The number of rotatable bonds is 2. The maximum atomic E-state index is 9.45. The first-order valence-corrected chi connectivity index (χ1v) is 6.37. The van der Waals surface area contributed by atoms with Gasteiger partial charge in [0, 0.05) is 29.0 Å². The van der Waals surface area contributed by atoms with Crippen LogP contribution in [0.15, 0.2) is 27.5 Å². The molecule has 18 heavy (non-hydrogen) atoms. The molecule has 2 aromatic rings. The topological polar surface area (TPSA) is 84.1 Å². The molecule has 6 nitrogen and oxygen atoms in total. The van der Waals surface area contributed by atoms with Crippen molar-refractivity contribution in [3.8, 4) is 11.4 Å². The van der Waals surface area contributed by atoms with Gasteiger partial charge in [-0.3, -0.25) is 4.98 Å². The summed E-state index contributed by atoms with van der Waals surface area (Å²) in [5.74, 6) is 1.00. The lowest BCUT2D eigenvalue weighted by Crippen LogP contribution is -2.15. The predicted molar refractivity (Wildman–Crippen MR) is 66.6 cm³/mol. The zero-order chi connectivity index (χ0) is 12.5. The number of halogens is 1. The minimum absolute atomic E-state index is 0.0682. The fraction of sp³-hybridized carbons (Fsp3) is 0.364. The van der Waals surface area contributed by atoms with Crippen LogP contribution in [0.1, 0.15) is 18.4 Å². The molecule has 0 saturated carbocycles. The minimum atomic E-state index is -0.349. The Morgan fingerprint density at radius 2 is 2.33 bits per heavy atom. The Hall–Kier alpha value is -1.31. The molecular weight excluding hydrogens is 300 g/mol. The fourth-order valence-corrected chi connectivity index (χ4v) is 2.30. The first-order valence-electron chi connectivity index (χ1n) is 5.58. The van der Waals surface area contributed by atoms with Crippen LogP contribution >= 0.6 is 15.9 Å². The summed E-state index contributed by atoms with van der Waals surface area (Å²) in [6.45, 7) is 0.556. The number of aliphatic hydroxyl groups excluding tert-OH is 1. The number of hydrogen-bond donors (Lipinski definition) is 2. The normalized spacial score (nSPS) is 23.4. The van der Waals surface area contributed by atoms with E-state index in [-0.39, 0.29) is 12.1 Å². The second-order valence-electron chi connectivity index (χ2n) is 4.20. The van der Waals surface area contributed by atoms with Gasteiger partial charge in [0.2, 0.25) is 11.7 Å². The molecule has 0 unspecified atom stereocenters. The third-order valence-corrected chi connectivity index (χ3v) is 3.24. The number of aromatic nitrogens is 3.